The summed E-state index contributed by atoms with van der Waals surface area (Å²) < 4.78 is 10.6. The van der Waals surface area contributed by atoms with Crippen molar-refractivity contribution in [2.45, 2.75) is 6.29 Å². The number of imidazole rings is 1. The van der Waals surface area contributed by atoms with Gasteiger partial charge in [-0.15, -0.1) is 0 Å². The van der Waals surface area contributed by atoms with Crippen LogP contribution in [0.25, 0.3) is 0 Å². The smallest absolute Gasteiger partial charge is 0.418 e. The van der Waals surface area contributed by atoms with E-state index in [4.69, 9.17) is 20.3 Å². The van der Waals surface area contributed by atoms with Crippen LogP contribution in [0.1, 0.15) is 12.0 Å². The van der Waals surface area contributed by atoms with E-state index in [-0.39, 0.29) is 5.95 Å². The van der Waals surface area contributed by atoms with Gasteiger partial charge in [-0.05, 0) is 0 Å². The molecule has 0 saturated heterocycles. The van der Waals surface area contributed by atoms with Crippen LogP contribution < -0.4 is 5.73 Å². The van der Waals surface area contributed by atoms with Crippen molar-refractivity contribution in [1.82, 2.24) is 9.55 Å². The van der Waals surface area contributed by atoms with Gasteiger partial charge in [0.05, 0.1) is 0 Å². The van der Waals surface area contributed by atoms with Crippen LogP contribution in [0.2, 0.25) is 0 Å². The number of carbonyl (C=O) groups is 1. The second-order valence-corrected chi connectivity index (χ2v) is 2.48. The molecule has 1 aromatic rings. The first-order chi connectivity index (χ1) is 6.60. The molecule has 1 rings (SSSR count). The minimum Gasteiger partial charge on any atom is -0.464 e. The third-order valence-electron chi connectivity index (χ3n) is 1.63. The normalized spacial score (nSPS) is 10.8. The van der Waals surface area contributed by atoms with Gasteiger partial charge in [-0.1, -0.05) is 0 Å². The Bertz CT molecular complexity index is 332. The van der Waals surface area contributed by atoms with Crippen molar-refractivity contribution in [3.63, 3.8) is 0 Å². The summed E-state index contributed by atoms with van der Waals surface area (Å²) in [4.78, 5) is 14.4. The average Bonchev–Trinajstić information content (AvgIpc) is 2.50. The third kappa shape index (κ3) is 1.83. The summed E-state index contributed by atoms with van der Waals surface area (Å²) in [5, 5.41) is 8.67. The lowest BCUT2D eigenvalue weighted by molar-refractivity contribution is -0.108. The molecule has 0 unspecified atom stereocenters. The standard InChI is InChI=1S/C7H11N3O4/c1-13-5(14-2)4-3-10(7(11)12)6(8)9-4/h3,5H,1-2H3,(H2,8,9)(H,11,12). The molecule has 0 aliphatic rings. The van der Waals surface area contributed by atoms with Gasteiger partial charge in [-0.3, -0.25) is 0 Å². The number of hydrogen-bond acceptors (Lipinski definition) is 5. The van der Waals surface area contributed by atoms with Crippen LogP contribution >= 0.6 is 0 Å². The highest BCUT2D eigenvalue weighted by molar-refractivity contribution is 5.71. The van der Waals surface area contributed by atoms with Crippen LogP contribution in [0.5, 0.6) is 0 Å². The lowest BCUT2D eigenvalue weighted by atomic mass is 10.5. The number of nitrogen functional groups attached to an aromatic ring is 1. The third-order valence-corrected chi connectivity index (χ3v) is 1.63. The van der Waals surface area contributed by atoms with Crippen LogP contribution in [0, 0.1) is 0 Å². The van der Waals surface area contributed by atoms with Crippen LogP contribution in [0.3, 0.4) is 0 Å². The molecule has 0 spiro atoms. The Balaban J connectivity index is 3.01. The number of ether oxygens (including phenoxy) is 2. The Labute approximate surface area is 80.1 Å². The van der Waals surface area contributed by atoms with Crippen molar-refractivity contribution in [1.29, 1.82) is 0 Å². The second-order valence-electron chi connectivity index (χ2n) is 2.48. The Kier molecular flexibility index (Phi) is 3.05. The number of nitrogens with zero attached hydrogens (tertiary/aromatic N) is 2. The summed E-state index contributed by atoms with van der Waals surface area (Å²) in [6.45, 7) is 0. The minimum atomic E-state index is -1.20. The molecule has 1 heterocycles. The van der Waals surface area contributed by atoms with Crippen LogP contribution in [0.15, 0.2) is 6.20 Å². The molecule has 0 fully saturated rings. The van der Waals surface area contributed by atoms with Gasteiger partial charge in [-0.2, -0.15) is 0 Å². The summed E-state index contributed by atoms with van der Waals surface area (Å²) in [5.41, 5.74) is 5.66. The van der Waals surface area contributed by atoms with Crippen LogP contribution in [-0.4, -0.2) is 35.0 Å². The monoisotopic (exact) mass is 201 g/mol. The lowest BCUT2D eigenvalue weighted by Gasteiger charge is -2.08. The Hall–Kier alpha value is -1.60. The molecular weight excluding hydrogens is 190 g/mol. The van der Waals surface area contributed by atoms with Crippen molar-refractivity contribution in [3.05, 3.63) is 11.9 Å². The zero-order chi connectivity index (χ0) is 10.7. The largest absolute Gasteiger partial charge is 0.464 e. The van der Waals surface area contributed by atoms with Gasteiger partial charge in [0.25, 0.3) is 0 Å². The van der Waals surface area contributed by atoms with E-state index in [9.17, 15) is 4.79 Å². The molecule has 78 valence electrons. The number of nitrogens with two attached hydrogens (primary N) is 1. The molecule has 7 heteroatoms. The van der Waals surface area contributed by atoms with E-state index in [0.717, 1.165) is 4.57 Å². The molecule has 0 amide bonds. The Morgan fingerprint density at radius 1 is 1.64 bits per heavy atom. The summed E-state index contributed by atoms with van der Waals surface area (Å²) in [7, 11) is 2.84. The number of anilines is 1. The quantitative estimate of drug-likeness (QED) is 0.681. The number of rotatable bonds is 3. The van der Waals surface area contributed by atoms with Gasteiger partial charge < -0.3 is 20.3 Å². The number of carboxylic acid groups (broad SMARTS) is 1. The first kappa shape index (κ1) is 10.5. The van der Waals surface area contributed by atoms with Gasteiger partial charge in [0.1, 0.15) is 5.69 Å². The SMILES string of the molecule is COC(OC)c1cn(C(=O)O)c(N)n1. The highest BCUT2D eigenvalue weighted by Crippen LogP contribution is 2.17. The summed E-state index contributed by atoms with van der Waals surface area (Å²) in [5.74, 6) is -0.119. The molecule has 0 aromatic carbocycles. The van der Waals surface area contributed by atoms with Gasteiger partial charge >= 0.3 is 6.09 Å². The van der Waals surface area contributed by atoms with Gasteiger partial charge in [0, 0.05) is 20.4 Å². The second kappa shape index (κ2) is 4.07. The number of hydrogen-bond donors (Lipinski definition) is 2. The minimum absolute atomic E-state index is 0.119. The summed E-state index contributed by atoms with van der Waals surface area (Å²) >= 11 is 0. The zero-order valence-corrected chi connectivity index (χ0v) is 7.80. The Morgan fingerprint density at radius 3 is 2.57 bits per heavy atom. The summed E-state index contributed by atoms with van der Waals surface area (Å²) in [6.07, 6.45) is -0.667. The molecule has 14 heavy (non-hydrogen) atoms. The fourth-order valence-corrected chi connectivity index (χ4v) is 1.02. The van der Waals surface area contributed by atoms with Crippen LogP contribution in [-0.2, 0) is 9.47 Å². The van der Waals surface area contributed by atoms with E-state index in [0.29, 0.717) is 5.69 Å². The molecule has 0 atom stereocenters. The van der Waals surface area contributed by atoms with Gasteiger partial charge in [0.2, 0.25) is 12.2 Å². The molecule has 0 aliphatic heterocycles. The molecule has 1 aromatic heterocycles. The van der Waals surface area contributed by atoms with E-state index in [1.54, 1.807) is 0 Å². The zero-order valence-electron chi connectivity index (χ0n) is 7.80. The first-order valence-electron chi connectivity index (χ1n) is 3.73. The van der Waals surface area contributed by atoms with E-state index < -0.39 is 12.4 Å². The number of methoxy groups -OCH3 is 2. The van der Waals surface area contributed by atoms with Crippen molar-refractivity contribution < 1.29 is 19.4 Å². The fraction of sp³-hybridized carbons (Fsp3) is 0.429. The highest BCUT2D eigenvalue weighted by Gasteiger charge is 2.17. The number of aromatic nitrogens is 2. The maximum atomic E-state index is 10.6. The van der Waals surface area contributed by atoms with E-state index in [1.165, 1.54) is 20.4 Å². The average molecular weight is 201 g/mol. The molecule has 0 radical (unpaired) electrons. The predicted octanol–water partition coefficient (Wildman–Crippen LogP) is 0.283. The van der Waals surface area contributed by atoms with E-state index >= 15 is 0 Å². The van der Waals surface area contributed by atoms with Crippen LogP contribution in [0.4, 0.5) is 10.7 Å². The maximum absolute atomic E-state index is 10.6. The molecular formula is C7H11N3O4. The summed E-state index contributed by atoms with van der Waals surface area (Å²) in [6, 6.07) is 0. The first-order valence-corrected chi connectivity index (χ1v) is 3.73. The van der Waals surface area contributed by atoms with E-state index in [2.05, 4.69) is 4.98 Å². The van der Waals surface area contributed by atoms with Gasteiger partial charge in [0.15, 0.2) is 0 Å². The lowest BCUT2D eigenvalue weighted by Crippen LogP contribution is -2.10. The van der Waals surface area contributed by atoms with Crippen molar-refractivity contribution >= 4 is 12.0 Å². The predicted molar refractivity (Wildman–Crippen MR) is 46.8 cm³/mol. The Morgan fingerprint density at radius 2 is 2.21 bits per heavy atom. The fourth-order valence-electron chi connectivity index (χ4n) is 1.02. The molecule has 0 bridgehead atoms. The highest BCUT2D eigenvalue weighted by atomic mass is 16.7. The van der Waals surface area contributed by atoms with E-state index in [1.807, 2.05) is 0 Å². The molecule has 3 N–H and O–H groups in total. The maximum Gasteiger partial charge on any atom is 0.418 e. The topological polar surface area (TPSA) is 99.6 Å². The molecule has 7 nitrogen and oxygen atoms in total. The molecule has 0 aliphatic carbocycles. The van der Waals surface area contributed by atoms with Crippen molar-refractivity contribution in [3.8, 4) is 0 Å². The van der Waals surface area contributed by atoms with Gasteiger partial charge in [-0.25, -0.2) is 14.3 Å². The molecule has 0 saturated carbocycles. The van der Waals surface area contributed by atoms with Crippen molar-refractivity contribution in [2.75, 3.05) is 20.0 Å². The van der Waals surface area contributed by atoms with Crippen molar-refractivity contribution in [2.24, 2.45) is 0 Å².